The van der Waals surface area contributed by atoms with Crippen molar-refractivity contribution in [2.45, 2.75) is 47.1 Å². The Morgan fingerprint density at radius 3 is 2.52 bits per heavy atom. The molecule has 1 saturated carbocycles. The number of carbonyl (C=O) groups excluding carboxylic acids is 1. The van der Waals surface area contributed by atoms with E-state index in [9.17, 15) is 4.79 Å². The highest BCUT2D eigenvalue weighted by molar-refractivity contribution is 5.83. The third-order valence-corrected chi connectivity index (χ3v) is 5.91. The summed E-state index contributed by atoms with van der Waals surface area (Å²) in [5, 5.41) is 0. The second-order valence-corrected chi connectivity index (χ2v) is 8.59. The van der Waals surface area contributed by atoms with E-state index >= 15 is 0 Å². The standard InChI is InChI=1S/C22H32N2O/c1-16(2)14-18-20(22(18,3)4)21(25)23(5)15-17-10-6-7-11-19(17)24-12-8-9-13-24/h6-7,10-11,14,18,20H,8-9,12-13,15H2,1-5H3. The van der Waals surface area contributed by atoms with E-state index in [2.05, 4.69) is 62.9 Å². The fraction of sp³-hybridized carbons (Fsp3) is 0.591. The van der Waals surface area contributed by atoms with Gasteiger partial charge in [0.15, 0.2) is 0 Å². The second-order valence-electron chi connectivity index (χ2n) is 8.59. The first-order valence-corrected chi connectivity index (χ1v) is 9.55. The van der Waals surface area contributed by atoms with Gasteiger partial charge in [-0.1, -0.05) is 43.7 Å². The summed E-state index contributed by atoms with van der Waals surface area (Å²) in [5.74, 6) is 0.774. The fourth-order valence-corrected chi connectivity index (χ4v) is 4.30. The van der Waals surface area contributed by atoms with Crippen LogP contribution < -0.4 is 4.90 Å². The predicted molar refractivity (Wildman–Crippen MR) is 105 cm³/mol. The van der Waals surface area contributed by atoms with Gasteiger partial charge in [-0.25, -0.2) is 0 Å². The maximum absolute atomic E-state index is 13.0. The number of hydrogen-bond donors (Lipinski definition) is 0. The fourth-order valence-electron chi connectivity index (χ4n) is 4.30. The van der Waals surface area contributed by atoms with Crippen molar-refractivity contribution in [3.05, 3.63) is 41.5 Å². The Hall–Kier alpha value is -1.77. The quantitative estimate of drug-likeness (QED) is 0.738. The summed E-state index contributed by atoms with van der Waals surface area (Å²) in [7, 11) is 1.96. The number of benzene rings is 1. The molecule has 0 spiro atoms. The SMILES string of the molecule is CC(C)=CC1C(C(=O)N(C)Cc2ccccc2N2CCCC2)C1(C)C. The van der Waals surface area contributed by atoms with Crippen molar-refractivity contribution in [1.29, 1.82) is 0 Å². The molecule has 1 saturated heterocycles. The molecular weight excluding hydrogens is 308 g/mol. The van der Waals surface area contributed by atoms with E-state index in [1.807, 2.05) is 11.9 Å². The van der Waals surface area contributed by atoms with Gasteiger partial charge in [0.1, 0.15) is 0 Å². The molecule has 1 heterocycles. The van der Waals surface area contributed by atoms with Crippen molar-refractivity contribution >= 4 is 11.6 Å². The van der Waals surface area contributed by atoms with Crippen LogP contribution in [0.3, 0.4) is 0 Å². The molecule has 2 atom stereocenters. The van der Waals surface area contributed by atoms with Gasteiger partial charge < -0.3 is 9.80 Å². The zero-order chi connectivity index (χ0) is 18.2. The van der Waals surface area contributed by atoms with Gasteiger partial charge in [0.25, 0.3) is 0 Å². The van der Waals surface area contributed by atoms with Crippen molar-refractivity contribution < 1.29 is 4.79 Å². The van der Waals surface area contributed by atoms with Crippen molar-refractivity contribution in [2.75, 3.05) is 25.0 Å². The monoisotopic (exact) mass is 340 g/mol. The summed E-state index contributed by atoms with van der Waals surface area (Å²) >= 11 is 0. The number of hydrogen-bond acceptors (Lipinski definition) is 2. The first-order valence-electron chi connectivity index (χ1n) is 9.55. The van der Waals surface area contributed by atoms with Crippen LogP contribution in [0, 0.1) is 17.3 Å². The molecule has 3 nitrogen and oxygen atoms in total. The minimum Gasteiger partial charge on any atom is -0.371 e. The molecular formula is C22H32N2O. The lowest BCUT2D eigenvalue weighted by molar-refractivity contribution is -0.132. The van der Waals surface area contributed by atoms with Crippen LogP contribution in [0.5, 0.6) is 0 Å². The molecule has 1 aromatic rings. The van der Waals surface area contributed by atoms with Crippen LogP contribution in [0.25, 0.3) is 0 Å². The van der Waals surface area contributed by atoms with E-state index in [0.29, 0.717) is 12.5 Å². The average Bonchev–Trinajstić information content (AvgIpc) is 2.95. The van der Waals surface area contributed by atoms with E-state index in [1.165, 1.54) is 29.7 Å². The van der Waals surface area contributed by atoms with Gasteiger partial charge in [0.2, 0.25) is 5.91 Å². The molecule has 0 radical (unpaired) electrons. The Morgan fingerprint density at radius 2 is 1.88 bits per heavy atom. The first kappa shape index (κ1) is 18.0. The van der Waals surface area contributed by atoms with Crippen LogP contribution in [0.4, 0.5) is 5.69 Å². The highest BCUT2D eigenvalue weighted by Crippen LogP contribution is 2.60. The van der Waals surface area contributed by atoms with Crippen LogP contribution in [-0.4, -0.2) is 30.9 Å². The van der Waals surface area contributed by atoms with Gasteiger partial charge in [-0.3, -0.25) is 4.79 Å². The Bertz CT molecular complexity index is 666. The van der Waals surface area contributed by atoms with E-state index < -0.39 is 0 Å². The van der Waals surface area contributed by atoms with Gasteiger partial charge in [0, 0.05) is 32.4 Å². The molecule has 3 rings (SSSR count). The highest BCUT2D eigenvalue weighted by Gasteiger charge is 2.60. The molecule has 0 aromatic heterocycles. The van der Waals surface area contributed by atoms with Gasteiger partial charge >= 0.3 is 0 Å². The van der Waals surface area contributed by atoms with E-state index in [-0.39, 0.29) is 17.2 Å². The molecule has 1 aliphatic heterocycles. The highest BCUT2D eigenvalue weighted by atomic mass is 16.2. The second kappa shape index (κ2) is 6.86. The topological polar surface area (TPSA) is 23.6 Å². The van der Waals surface area contributed by atoms with Crippen LogP contribution >= 0.6 is 0 Å². The number of para-hydroxylation sites is 1. The summed E-state index contributed by atoms with van der Waals surface area (Å²) in [6.07, 6.45) is 4.81. The zero-order valence-electron chi connectivity index (χ0n) is 16.4. The van der Waals surface area contributed by atoms with E-state index in [0.717, 1.165) is 13.1 Å². The molecule has 3 heteroatoms. The maximum Gasteiger partial charge on any atom is 0.226 e. The van der Waals surface area contributed by atoms with Gasteiger partial charge in [-0.05, 0) is 49.7 Å². The molecule has 0 N–H and O–H groups in total. The number of allylic oxidation sites excluding steroid dienone is 2. The molecule has 1 amide bonds. The minimum absolute atomic E-state index is 0.0804. The number of rotatable bonds is 5. The molecule has 25 heavy (non-hydrogen) atoms. The Balaban J connectivity index is 1.72. The molecule has 136 valence electrons. The Morgan fingerprint density at radius 1 is 1.24 bits per heavy atom. The summed E-state index contributed by atoms with van der Waals surface area (Å²) in [6, 6.07) is 8.56. The van der Waals surface area contributed by atoms with Crippen molar-refractivity contribution in [2.24, 2.45) is 17.3 Å². The predicted octanol–water partition coefficient (Wildman–Crippen LogP) is 4.48. The number of carbonyl (C=O) groups is 1. The molecule has 2 aliphatic rings. The van der Waals surface area contributed by atoms with E-state index in [4.69, 9.17) is 0 Å². The number of nitrogens with zero attached hydrogens (tertiary/aromatic N) is 2. The molecule has 2 unspecified atom stereocenters. The van der Waals surface area contributed by atoms with Crippen LogP contribution in [0.1, 0.15) is 46.1 Å². The number of amides is 1. The summed E-state index contributed by atoms with van der Waals surface area (Å²) in [6.45, 7) is 11.6. The summed E-state index contributed by atoms with van der Waals surface area (Å²) in [5.41, 5.74) is 3.94. The molecule has 2 fully saturated rings. The lowest BCUT2D eigenvalue weighted by atomic mass is 10.1. The third-order valence-electron chi connectivity index (χ3n) is 5.91. The van der Waals surface area contributed by atoms with Crippen LogP contribution in [0.15, 0.2) is 35.9 Å². The smallest absolute Gasteiger partial charge is 0.226 e. The average molecular weight is 341 g/mol. The molecule has 1 aliphatic carbocycles. The first-order chi connectivity index (χ1) is 11.8. The Labute approximate surface area is 152 Å². The molecule has 1 aromatic carbocycles. The van der Waals surface area contributed by atoms with Crippen molar-refractivity contribution in [1.82, 2.24) is 4.90 Å². The summed E-state index contributed by atoms with van der Waals surface area (Å²) in [4.78, 5) is 17.4. The van der Waals surface area contributed by atoms with E-state index in [1.54, 1.807) is 0 Å². The lowest BCUT2D eigenvalue weighted by Gasteiger charge is -2.25. The van der Waals surface area contributed by atoms with Gasteiger partial charge in [-0.15, -0.1) is 0 Å². The zero-order valence-corrected chi connectivity index (χ0v) is 16.4. The van der Waals surface area contributed by atoms with Gasteiger partial charge in [0.05, 0.1) is 5.92 Å². The van der Waals surface area contributed by atoms with Crippen LogP contribution in [0.2, 0.25) is 0 Å². The maximum atomic E-state index is 13.0. The van der Waals surface area contributed by atoms with Crippen molar-refractivity contribution in [3.8, 4) is 0 Å². The third kappa shape index (κ3) is 3.61. The van der Waals surface area contributed by atoms with Crippen LogP contribution in [-0.2, 0) is 11.3 Å². The largest absolute Gasteiger partial charge is 0.371 e. The minimum atomic E-state index is 0.0804. The molecule has 0 bridgehead atoms. The number of anilines is 1. The normalized spacial score (nSPS) is 24.1. The Kier molecular flexibility index (Phi) is 4.95. The lowest BCUT2D eigenvalue weighted by Crippen LogP contribution is -2.30. The summed E-state index contributed by atoms with van der Waals surface area (Å²) < 4.78 is 0. The van der Waals surface area contributed by atoms with Gasteiger partial charge in [-0.2, -0.15) is 0 Å². The van der Waals surface area contributed by atoms with Crippen molar-refractivity contribution in [3.63, 3.8) is 0 Å².